The van der Waals surface area contributed by atoms with Crippen LogP contribution in [0.5, 0.6) is 11.5 Å². The number of anilines is 1. The Kier molecular flexibility index (Phi) is 3.30. The van der Waals surface area contributed by atoms with Gasteiger partial charge < -0.3 is 15.5 Å². The Balaban J connectivity index is 2.18. The third kappa shape index (κ3) is 2.98. The SMILES string of the molecule is N#Cc1ccc(NC(=O)c2cc(O)cc(O)c2)nc1. The Bertz CT molecular complexity index is 640. The topological polar surface area (TPSA) is 106 Å². The number of benzene rings is 1. The van der Waals surface area contributed by atoms with E-state index in [9.17, 15) is 15.0 Å². The number of aromatic nitrogens is 1. The van der Waals surface area contributed by atoms with Crippen molar-refractivity contribution in [3.63, 3.8) is 0 Å². The van der Waals surface area contributed by atoms with Crippen molar-refractivity contribution in [2.45, 2.75) is 0 Å². The van der Waals surface area contributed by atoms with E-state index in [1.54, 1.807) is 0 Å². The summed E-state index contributed by atoms with van der Waals surface area (Å²) in [4.78, 5) is 15.7. The van der Waals surface area contributed by atoms with Crippen LogP contribution >= 0.6 is 0 Å². The first-order chi connectivity index (χ1) is 9.08. The molecule has 19 heavy (non-hydrogen) atoms. The molecule has 6 heteroatoms. The van der Waals surface area contributed by atoms with Gasteiger partial charge in [0.1, 0.15) is 23.4 Å². The van der Waals surface area contributed by atoms with Crippen molar-refractivity contribution in [1.29, 1.82) is 5.26 Å². The summed E-state index contributed by atoms with van der Waals surface area (Å²) in [5.74, 6) is -0.675. The van der Waals surface area contributed by atoms with Crippen LogP contribution in [0.1, 0.15) is 15.9 Å². The zero-order valence-corrected chi connectivity index (χ0v) is 9.66. The van der Waals surface area contributed by atoms with E-state index in [1.165, 1.54) is 30.5 Å². The minimum Gasteiger partial charge on any atom is -0.508 e. The molecule has 1 aromatic carbocycles. The maximum absolute atomic E-state index is 11.8. The highest BCUT2D eigenvalue weighted by Crippen LogP contribution is 2.21. The lowest BCUT2D eigenvalue weighted by molar-refractivity contribution is 0.102. The van der Waals surface area contributed by atoms with E-state index in [0.29, 0.717) is 5.56 Å². The van der Waals surface area contributed by atoms with E-state index in [1.807, 2.05) is 6.07 Å². The number of phenolic OH excluding ortho intramolecular Hbond substituents is 2. The third-order valence-electron chi connectivity index (χ3n) is 2.30. The standard InChI is InChI=1S/C13H9N3O3/c14-6-8-1-2-12(15-7-8)16-13(19)9-3-10(17)5-11(18)4-9/h1-5,7,17-18H,(H,15,16,19). The molecule has 3 N–H and O–H groups in total. The van der Waals surface area contributed by atoms with Gasteiger partial charge in [-0.1, -0.05) is 0 Å². The van der Waals surface area contributed by atoms with Gasteiger partial charge in [0.05, 0.1) is 5.56 Å². The fraction of sp³-hybridized carbons (Fsp3) is 0. The zero-order chi connectivity index (χ0) is 13.8. The number of nitrogens with one attached hydrogen (secondary N) is 1. The molecule has 1 heterocycles. The molecule has 0 unspecified atom stereocenters. The second kappa shape index (κ2) is 5.06. The number of aromatic hydroxyl groups is 2. The number of pyridine rings is 1. The Morgan fingerprint density at radius 1 is 1.21 bits per heavy atom. The van der Waals surface area contributed by atoms with Crippen molar-refractivity contribution in [3.05, 3.63) is 47.7 Å². The molecule has 2 aromatic rings. The number of carbonyl (C=O) groups is 1. The predicted molar refractivity (Wildman–Crippen MR) is 66.7 cm³/mol. The Hall–Kier alpha value is -3.07. The maximum atomic E-state index is 11.8. The van der Waals surface area contributed by atoms with E-state index in [2.05, 4.69) is 10.3 Å². The monoisotopic (exact) mass is 255 g/mol. The fourth-order valence-electron chi connectivity index (χ4n) is 1.45. The summed E-state index contributed by atoms with van der Waals surface area (Å²) in [6.07, 6.45) is 1.33. The number of nitrogens with zero attached hydrogens (tertiary/aromatic N) is 2. The van der Waals surface area contributed by atoms with Gasteiger partial charge >= 0.3 is 0 Å². The lowest BCUT2D eigenvalue weighted by atomic mass is 10.2. The fourth-order valence-corrected chi connectivity index (χ4v) is 1.45. The van der Waals surface area contributed by atoms with Crippen molar-refractivity contribution in [2.24, 2.45) is 0 Å². The zero-order valence-electron chi connectivity index (χ0n) is 9.66. The van der Waals surface area contributed by atoms with Gasteiger partial charge in [-0.2, -0.15) is 5.26 Å². The summed E-state index contributed by atoms with van der Waals surface area (Å²) in [6.45, 7) is 0. The molecule has 0 saturated heterocycles. The first kappa shape index (κ1) is 12.4. The van der Waals surface area contributed by atoms with Crippen molar-refractivity contribution in [1.82, 2.24) is 4.98 Å². The van der Waals surface area contributed by atoms with Crippen molar-refractivity contribution >= 4 is 11.7 Å². The Labute approximate surface area is 108 Å². The van der Waals surface area contributed by atoms with Crippen LogP contribution in [-0.2, 0) is 0 Å². The summed E-state index contributed by atoms with van der Waals surface area (Å²) in [7, 11) is 0. The number of nitriles is 1. The highest BCUT2D eigenvalue weighted by atomic mass is 16.3. The molecule has 94 valence electrons. The smallest absolute Gasteiger partial charge is 0.257 e. The van der Waals surface area contributed by atoms with Crippen LogP contribution in [0.4, 0.5) is 5.82 Å². The van der Waals surface area contributed by atoms with Crippen LogP contribution in [0.3, 0.4) is 0 Å². The molecule has 0 bridgehead atoms. The van der Waals surface area contributed by atoms with Gasteiger partial charge in [-0.05, 0) is 24.3 Å². The molecule has 2 rings (SSSR count). The molecule has 6 nitrogen and oxygen atoms in total. The van der Waals surface area contributed by atoms with Crippen LogP contribution in [0, 0.1) is 11.3 Å². The molecule has 1 aromatic heterocycles. The number of hydrogen-bond donors (Lipinski definition) is 3. The van der Waals surface area contributed by atoms with Crippen LogP contribution in [0.25, 0.3) is 0 Å². The molecule has 0 radical (unpaired) electrons. The molecule has 0 spiro atoms. The molecule has 0 atom stereocenters. The molecule has 0 saturated carbocycles. The Morgan fingerprint density at radius 3 is 2.42 bits per heavy atom. The summed E-state index contributed by atoms with van der Waals surface area (Å²) < 4.78 is 0. The normalized spacial score (nSPS) is 9.63. The van der Waals surface area contributed by atoms with Gasteiger partial charge in [0.15, 0.2) is 0 Å². The quantitative estimate of drug-likeness (QED) is 0.755. The van der Waals surface area contributed by atoms with Crippen molar-refractivity contribution in [2.75, 3.05) is 5.32 Å². The number of phenols is 2. The molecule has 1 amide bonds. The summed E-state index contributed by atoms with van der Waals surface area (Å²) in [5, 5.41) is 29.7. The summed E-state index contributed by atoms with van der Waals surface area (Å²) >= 11 is 0. The van der Waals surface area contributed by atoms with Crippen molar-refractivity contribution < 1.29 is 15.0 Å². The molecule has 0 fully saturated rings. The lowest BCUT2D eigenvalue weighted by Gasteiger charge is -2.05. The largest absolute Gasteiger partial charge is 0.508 e. The van der Waals surface area contributed by atoms with E-state index < -0.39 is 5.91 Å². The minimum absolute atomic E-state index is 0.101. The van der Waals surface area contributed by atoms with Gasteiger partial charge in [-0.25, -0.2) is 4.98 Å². The second-order valence-corrected chi connectivity index (χ2v) is 3.74. The highest BCUT2D eigenvalue weighted by molar-refractivity contribution is 6.04. The van der Waals surface area contributed by atoms with Gasteiger partial charge in [0.25, 0.3) is 5.91 Å². The van der Waals surface area contributed by atoms with Crippen LogP contribution in [0.2, 0.25) is 0 Å². The number of hydrogen-bond acceptors (Lipinski definition) is 5. The highest BCUT2D eigenvalue weighted by Gasteiger charge is 2.09. The molecule has 0 aliphatic heterocycles. The van der Waals surface area contributed by atoms with Gasteiger partial charge in [0.2, 0.25) is 0 Å². The molecular formula is C13H9N3O3. The lowest BCUT2D eigenvalue weighted by Crippen LogP contribution is -2.12. The van der Waals surface area contributed by atoms with E-state index >= 15 is 0 Å². The maximum Gasteiger partial charge on any atom is 0.257 e. The first-order valence-corrected chi connectivity index (χ1v) is 5.29. The summed E-state index contributed by atoms with van der Waals surface area (Å²) in [6, 6.07) is 8.48. The summed E-state index contributed by atoms with van der Waals surface area (Å²) in [5.41, 5.74) is 0.483. The van der Waals surface area contributed by atoms with Gasteiger partial charge in [-0.15, -0.1) is 0 Å². The first-order valence-electron chi connectivity index (χ1n) is 5.29. The van der Waals surface area contributed by atoms with Gasteiger partial charge in [0, 0.05) is 17.8 Å². The minimum atomic E-state index is -0.525. The van der Waals surface area contributed by atoms with E-state index in [4.69, 9.17) is 5.26 Å². The average molecular weight is 255 g/mol. The predicted octanol–water partition coefficient (Wildman–Crippen LogP) is 1.62. The van der Waals surface area contributed by atoms with Crippen molar-refractivity contribution in [3.8, 4) is 17.6 Å². The number of rotatable bonds is 2. The van der Waals surface area contributed by atoms with Crippen LogP contribution in [-0.4, -0.2) is 21.1 Å². The average Bonchev–Trinajstić information content (AvgIpc) is 2.38. The Morgan fingerprint density at radius 2 is 1.89 bits per heavy atom. The van der Waals surface area contributed by atoms with E-state index in [0.717, 1.165) is 6.07 Å². The molecular weight excluding hydrogens is 246 g/mol. The van der Waals surface area contributed by atoms with Gasteiger partial charge in [-0.3, -0.25) is 4.79 Å². The third-order valence-corrected chi connectivity index (χ3v) is 2.30. The van der Waals surface area contributed by atoms with Crippen LogP contribution < -0.4 is 5.32 Å². The van der Waals surface area contributed by atoms with E-state index in [-0.39, 0.29) is 22.9 Å². The number of amides is 1. The van der Waals surface area contributed by atoms with Crippen LogP contribution in [0.15, 0.2) is 36.5 Å². The number of carbonyl (C=O) groups excluding carboxylic acids is 1. The molecule has 0 aliphatic rings. The second-order valence-electron chi connectivity index (χ2n) is 3.74. The molecule has 0 aliphatic carbocycles.